The standard InChI is InChI=1S/C19H21NO6S/c1-20(14-9-10-27(23,24)12-14)17(21)11-26-18-15-6-4-3-5-13(15)7-8-16(18)19(22)25-2/h3-8,14H,9-12H2,1-2H3/t14-/m1/s1. The lowest BCUT2D eigenvalue weighted by Crippen LogP contribution is -2.40. The molecule has 1 heterocycles. The first kappa shape index (κ1) is 19.2. The third-order valence-electron chi connectivity index (χ3n) is 4.77. The Morgan fingerprint density at radius 1 is 1.19 bits per heavy atom. The summed E-state index contributed by atoms with van der Waals surface area (Å²) in [6, 6.07) is 10.4. The summed E-state index contributed by atoms with van der Waals surface area (Å²) in [7, 11) is -0.238. The van der Waals surface area contributed by atoms with Crippen molar-refractivity contribution in [3.05, 3.63) is 42.0 Å². The van der Waals surface area contributed by atoms with Gasteiger partial charge in [0, 0.05) is 18.5 Å². The molecule has 2 aromatic rings. The minimum absolute atomic E-state index is 0.0308. The number of fused-ring (bicyclic) bond motifs is 1. The predicted octanol–water partition coefficient (Wildman–Crippen LogP) is 1.65. The Morgan fingerprint density at radius 2 is 1.93 bits per heavy atom. The molecule has 1 aliphatic rings. The van der Waals surface area contributed by atoms with Crippen molar-refractivity contribution >= 4 is 32.5 Å². The largest absolute Gasteiger partial charge is 0.482 e. The number of carbonyl (C=O) groups is 2. The van der Waals surface area contributed by atoms with Crippen molar-refractivity contribution in [1.82, 2.24) is 4.90 Å². The number of esters is 1. The van der Waals surface area contributed by atoms with Crippen LogP contribution in [0.1, 0.15) is 16.8 Å². The van der Waals surface area contributed by atoms with E-state index in [1.165, 1.54) is 12.0 Å². The number of benzene rings is 2. The van der Waals surface area contributed by atoms with E-state index in [0.29, 0.717) is 11.8 Å². The maximum atomic E-state index is 12.5. The summed E-state index contributed by atoms with van der Waals surface area (Å²) in [6.45, 7) is -0.301. The zero-order valence-electron chi connectivity index (χ0n) is 15.2. The quantitative estimate of drug-likeness (QED) is 0.720. The maximum Gasteiger partial charge on any atom is 0.341 e. The first-order valence-electron chi connectivity index (χ1n) is 8.51. The Labute approximate surface area is 157 Å². The van der Waals surface area contributed by atoms with E-state index >= 15 is 0 Å². The van der Waals surface area contributed by atoms with Crippen LogP contribution in [0.2, 0.25) is 0 Å². The van der Waals surface area contributed by atoms with Crippen molar-refractivity contribution < 1.29 is 27.5 Å². The van der Waals surface area contributed by atoms with E-state index in [2.05, 4.69) is 0 Å². The second kappa shape index (κ2) is 7.56. The van der Waals surface area contributed by atoms with Gasteiger partial charge in [0.05, 0.1) is 18.6 Å². The highest BCUT2D eigenvalue weighted by Gasteiger charge is 2.33. The van der Waals surface area contributed by atoms with Crippen LogP contribution in [0.3, 0.4) is 0 Å². The average Bonchev–Trinajstić information content (AvgIpc) is 3.04. The molecule has 1 fully saturated rings. The van der Waals surface area contributed by atoms with Gasteiger partial charge in [-0.2, -0.15) is 0 Å². The molecule has 1 amide bonds. The molecule has 0 unspecified atom stereocenters. The molecule has 1 atom stereocenters. The van der Waals surface area contributed by atoms with Crippen LogP contribution in [-0.2, 0) is 19.4 Å². The third-order valence-corrected chi connectivity index (χ3v) is 6.52. The number of hydrogen-bond acceptors (Lipinski definition) is 6. The van der Waals surface area contributed by atoms with Crippen LogP contribution in [0, 0.1) is 0 Å². The van der Waals surface area contributed by atoms with Gasteiger partial charge in [-0.05, 0) is 17.9 Å². The van der Waals surface area contributed by atoms with Gasteiger partial charge in [-0.1, -0.05) is 30.3 Å². The monoisotopic (exact) mass is 391 g/mol. The number of sulfone groups is 1. The van der Waals surface area contributed by atoms with Crippen molar-refractivity contribution in [3.63, 3.8) is 0 Å². The van der Waals surface area contributed by atoms with Crippen molar-refractivity contribution in [2.75, 3.05) is 32.3 Å². The topological polar surface area (TPSA) is 90.0 Å². The maximum absolute atomic E-state index is 12.5. The summed E-state index contributed by atoms with van der Waals surface area (Å²) in [5, 5.41) is 1.56. The summed E-state index contributed by atoms with van der Waals surface area (Å²) in [4.78, 5) is 26.0. The highest BCUT2D eigenvalue weighted by atomic mass is 32.2. The van der Waals surface area contributed by atoms with Gasteiger partial charge in [0.15, 0.2) is 16.4 Å². The molecule has 0 aliphatic carbocycles. The molecule has 144 valence electrons. The van der Waals surface area contributed by atoms with Crippen molar-refractivity contribution in [3.8, 4) is 5.75 Å². The van der Waals surface area contributed by atoms with Crippen LogP contribution in [0.4, 0.5) is 0 Å². The smallest absolute Gasteiger partial charge is 0.341 e. The number of rotatable bonds is 5. The summed E-state index contributed by atoms with van der Waals surface area (Å²) in [5.41, 5.74) is 0.232. The van der Waals surface area contributed by atoms with Gasteiger partial charge < -0.3 is 14.4 Å². The molecule has 3 rings (SSSR count). The number of amides is 1. The molecule has 1 saturated heterocycles. The number of nitrogens with zero attached hydrogens (tertiary/aromatic N) is 1. The molecule has 0 radical (unpaired) electrons. The second-order valence-corrected chi connectivity index (χ2v) is 8.73. The predicted molar refractivity (Wildman–Crippen MR) is 101 cm³/mol. The lowest BCUT2D eigenvalue weighted by molar-refractivity contribution is -0.133. The average molecular weight is 391 g/mol. The van der Waals surface area contributed by atoms with Gasteiger partial charge in [-0.3, -0.25) is 4.79 Å². The van der Waals surface area contributed by atoms with E-state index in [1.54, 1.807) is 25.2 Å². The van der Waals surface area contributed by atoms with E-state index in [4.69, 9.17) is 9.47 Å². The zero-order chi connectivity index (χ0) is 19.6. The van der Waals surface area contributed by atoms with E-state index in [1.807, 2.05) is 18.2 Å². The van der Waals surface area contributed by atoms with Crippen LogP contribution in [-0.4, -0.2) is 63.5 Å². The van der Waals surface area contributed by atoms with Gasteiger partial charge in [0.25, 0.3) is 5.91 Å². The lowest BCUT2D eigenvalue weighted by atomic mass is 10.1. The van der Waals surface area contributed by atoms with Gasteiger partial charge in [-0.15, -0.1) is 0 Å². The van der Waals surface area contributed by atoms with Crippen LogP contribution in [0.15, 0.2) is 36.4 Å². The van der Waals surface area contributed by atoms with Gasteiger partial charge >= 0.3 is 5.97 Å². The van der Waals surface area contributed by atoms with Crippen molar-refractivity contribution in [2.24, 2.45) is 0 Å². The van der Waals surface area contributed by atoms with Gasteiger partial charge in [-0.25, -0.2) is 13.2 Å². The summed E-state index contributed by atoms with van der Waals surface area (Å²) in [5.74, 6) is -0.567. The molecule has 27 heavy (non-hydrogen) atoms. The minimum Gasteiger partial charge on any atom is -0.482 e. The number of methoxy groups -OCH3 is 1. The van der Waals surface area contributed by atoms with E-state index in [0.717, 1.165) is 5.39 Å². The summed E-state index contributed by atoms with van der Waals surface area (Å²) in [6.07, 6.45) is 0.423. The molecule has 0 saturated carbocycles. The molecule has 2 aromatic carbocycles. The summed E-state index contributed by atoms with van der Waals surface area (Å²) >= 11 is 0. The van der Waals surface area contributed by atoms with Gasteiger partial charge in [0.2, 0.25) is 0 Å². The third kappa shape index (κ3) is 4.05. The minimum atomic E-state index is -3.09. The Balaban J connectivity index is 1.81. The fourth-order valence-electron chi connectivity index (χ4n) is 3.19. The van der Waals surface area contributed by atoms with Crippen LogP contribution < -0.4 is 4.74 Å². The Hall–Kier alpha value is -2.61. The Bertz CT molecular complexity index is 985. The molecule has 0 aromatic heterocycles. The number of carbonyl (C=O) groups excluding carboxylic acids is 2. The van der Waals surface area contributed by atoms with E-state index < -0.39 is 15.8 Å². The fourth-order valence-corrected chi connectivity index (χ4v) is 4.96. The highest BCUT2D eigenvalue weighted by molar-refractivity contribution is 7.91. The van der Waals surface area contributed by atoms with E-state index in [9.17, 15) is 18.0 Å². The van der Waals surface area contributed by atoms with Crippen LogP contribution in [0.25, 0.3) is 10.8 Å². The summed E-state index contributed by atoms with van der Waals surface area (Å²) < 4.78 is 33.8. The molecule has 8 heteroatoms. The highest BCUT2D eigenvalue weighted by Crippen LogP contribution is 2.30. The van der Waals surface area contributed by atoms with Crippen LogP contribution >= 0.6 is 0 Å². The molecule has 0 bridgehead atoms. The normalized spacial score (nSPS) is 18.2. The fraction of sp³-hybridized carbons (Fsp3) is 0.368. The second-order valence-electron chi connectivity index (χ2n) is 6.51. The van der Waals surface area contributed by atoms with Crippen molar-refractivity contribution in [2.45, 2.75) is 12.5 Å². The number of ether oxygens (including phenoxy) is 2. The van der Waals surface area contributed by atoms with Crippen LogP contribution in [0.5, 0.6) is 5.75 Å². The number of hydrogen-bond donors (Lipinski definition) is 0. The lowest BCUT2D eigenvalue weighted by Gasteiger charge is -2.23. The molecular formula is C19H21NO6S. The van der Waals surface area contributed by atoms with Crippen molar-refractivity contribution in [1.29, 1.82) is 0 Å². The first-order chi connectivity index (χ1) is 12.8. The molecule has 1 aliphatic heterocycles. The van der Waals surface area contributed by atoms with Gasteiger partial charge in [0.1, 0.15) is 11.3 Å². The number of likely N-dealkylation sites (N-methyl/N-ethyl adjacent to an activating group) is 1. The SMILES string of the molecule is COC(=O)c1ccc2ccccc2c1OCC(=O)N(C)[C@@H]1CCS(=O)(=O)C1. The zero-order valence-corrected chi connectivity index (χ0v) is 16.0. The molecular weight excluding hydrogens is 370 g/mol. The van der Waals surface area contributed by atoms with E-state index in [-0.39, 0.29) is 41.4 Å². The Morgan fingerprint density at radius 3 is 2.59 bits per heavy atom. The molecule has 0 N–H and O–H groups in total. The Kier molecular flexibility index (Phi) is 5.36. The molecule has 0 spiro atoms. The first-order valence-corrected chi connectivity index (χ1v) is 10.3. The molecule has 7 nitrogen and oxygen atoms in total.